The van der Waals surface area contributed by atoms with Crippen LogP contribution in [0.4, 0.5) is 0 Å². The first-order valence-corrected chi connectivity index (χ1v) is 23.4. The predicted octanol–water partition coefficient (Wildman–Crippen LogP) is 4.88. The molecule has 0 N–H and O–H groups in total. The summed E-state index contributed by atoms with van der Waals surface area (Å²) < 4.78 is 32.0. The van der Waals surface area contributed by atoms with Crippen molar-refractivity contribution in [2.75, 3.05) is 6.61 Å². The van der Waals surface area contributed by atoms with Crippen molar-refractivity contribution in [2.24, 2.45) is 0 Å². The molecule has 0 aromatic heterocycles. The van der Waals surface area contributed by atoms with E-state index in [1.807, 2.05) is 0 Å². The Morgan fingerprint density at radius 2 is 0.917 bits per heavy atom. The second-order valence-electron chi connectivity index (χ2n) is 9.07. The Bertz CT molecular complexity index is 390. The van der Waals surface area contributed by atoms with Crippen LogP contribution in [-0.2, 0) is 20.9 Å². The Labute approximate surface area is 154 Å². The number of hydrogen-bond donors (Lipinski definition) is 0. The lowest BCUT2D eigenvalue weighted by atomic mass is 10.4. The van der Waals surface area contributed by atoms with Crippen LogP contribution >= 0.6 is 0 Å². The smallest absolute Gasteiger partial charge is 0.322 e. The third-order valence-corrected chi connectivity index (χ3v) is 22.1. The fourth-order valence-corrected chi connectivity index (χ4v) is 27.1. The molecule has 1 aliphatic rings. The van der Waals surface area contributed by atoms with Gasteiger partial charge in [0.1, 0.15) is 0 Å². The molecule has 0 aromatic rings. The van der Waals surface area contributed by atoms with Crippen molar-refractivity contribution in [3.05, 3.63) is 0 Å². The van der Waals surface area contributed by atoms with Crippen LogP contribution in [0.5, 0.6) is 0 Å². The average molecular weight is 427 g/mol. The minimum atomic E-state index is -2.33. The Hall–Kier alpha value is 0.884. The van der Waals surface area contributed by atoms with Gasteiger partial charge in [-0.2, -0.15) is 0 Å². The molecule has 1 fully saturated rings. The van der Waals surface area contributed by atoms with E-state index in [-0.39, 0.29) is 0 Å². The van der Waals surface area contributed by atoms with Gasteiger partial charge in [-0.15, -0.1) is 0 Å². The minimum absolute atomic E-state index is 0.770. The van der Waals surface area contributed by atoms with Crippen molar-refractivity contribution in [3.8, 4) is 0 Å². The van der Waals surface area contributed by atoms with Gasteiger partial charge in [-0.25, -0.2) is 0 Å². The maximum Gasteiger partial charge on any atom is 0.322 e. The van der Waals surface area contributed by atoms with Gasteiger partial charge >= 0.3 is 34.2 Å². The summed E-state index contributed by atoms with van der Waals surface area (Å²) in [5.74, 6) is 0. The molecule has 0 saturated carbocycles. The fourth-order valence-electron chi connectivity index (χ4n) is 3.55. The van der Waals surface area contributed by atoms with Crippen LogP contribution in [-0.4, -0.2) is 49.2 Å². The van der Waals surface area contributed by atoms with Gasteiger partial charge in [0, 0.05) is 6.61 Å². The predicted molar refractivity (Wildman–Crippen MR) is 112 cm³/mol. The van der Waals surface area contributed by atoms with Crippen LogP contribution in [0.25, 0.3) is 0 Å². The van der Waals surface area contributed by atoms with Gasteiger partial charge in [-0.05, 0) is 77.9 Å². The highest BCUT2D eigenvalue weighted by Gasteiger charge is 2.46. The molecule has 1 aliphatic heterocycles. The number of rotatable bonds is 0. The highest BCUT2D eigenvalue weighted by atomic mass is 28.5. The van der Waals surface area contributed by atoms with Gasteiger partial charge in [-0.1, -0.05) is 6.42 Å². The second kappa shape index (κ2) is 7.86. The zero-order valence-electron chi connectivity index (χ0n) is 17.4. The number of hydrogen-bond acceptors (Lipinski definition) is 5. The molecule has 0 radical (unpaired) electrons. The van der Waals surface area contributed by atoms with Crippen molar-refractivity contribution in [2.45, 2.75) is 84.4 Å². The Kier molecular flexibility index (Phi) is 7.51. The summed E-state index contributed by atoms with van der Waals surface area (Å²) in [5, 5.41) is 0. The zero-order valence-corrected chi connectivity index (χ0v) is 22.4. The lowest BCUT2D eigenvalue weighted by Gasteiger charge is -2.42. The summed E-state index contributed by atoms with van der Waals surface area (Å²) in [7, 11) is -10.8. The van der Waals surface area contributed by atoms with Crippen molar-refractivity contribution < 1.29 is 20.9 Å². The summed E-state index contributed by atoms with van der Waals surface area (Å²) in [4.78, 5) is 0. The molecule has 0 aliphatic carbocycles. The first-order chi connectivity index (χ1) is 10.5. The van der Waals surface area contributed by atoms with Gasteiger partial charge in [0.25, 0.3) is 0 Å². The molecule has 1 rings (SSSR count). The van der Waals surface area contributed by atoms with Crippen LogP contribution in [0.1, 0.15) is 12.8 Å². The molecule has 0 unspecified atom stereocenters. The molecule has 10 heteroatoms. The maximum atomic E-state index is 6.57. The summed E-state index contributed by atoms with van der Waals surface area (Å²) in [6, 6.07) is 1.14. The zero-order chi connectivity index (χ0) is 18.9. The summed E-state index contributed by atoms with van der Waals surface area (Å²) >= 11 is 0. The molecule has 24 heavy (non-hydrogen) atoms. The van der Waals surface area contributed by atoms with E-state index in [9.17, 15) is 0 Å². The van der Waals surface area contributed by atoms with Crippen molar-refractivity contribution in [1.29, 1.82) is 0 Å². The Morgan fingerprint density at radius 3 is 1.42 bits per heavy atom. The molecule has 1 saturated heterocycles. The highest BCUT2D eigenvalue weighted by Crippen LogP contribution is 2.28. The van der Waals surface area contributed by atoms with E-state index in [2.05, 4.69) is 65.5 Å². The minimum Gasteiger partial charge on any atom is -0.436 e. The Morgan fingerprint density at radius 1 is 0.500 bits per heavy atom. The van der Waals surface area contributed by atoms with Crippen molar-refractivity contribution in [1.82, 2.24) is 0 Å². The third-order valence-electron chi connectivity index (χ3n) is 3.62. The third kappa shape index (κ3) is 9.01. The van der Waals surface area contributed by atoms with E-state index >= 15 is 0 Å². The molecule has 1 heterocycles. The van der Waals surface area contributed by atoms with Gasteiger partial charge < -0.3 is 20.9 Å². The topological polar surface area (TPSA) is 46.2 Å². The van der Waals surface area contributed by atoms with Crippen LogP contribution in [0.2, 0.25) is 71.5 Å². The van der Waals surface area contributed by atoms with E-state index in [0.29, 0.717) is 0 Å². The van der Waals surface area contributed by atoms with Gasteiger partial charge in [-0.3, -0.25) is 0 Å². The molecular weight excluding hydrogens is 389 g/mol. The van der Waals surface area contributed by atoms with Gasteiger partial charge in [0.05, 0.1) is 0 Å². The average Bonchev–Trinajstić information content (AvgIpc) is 2.18. The lowest BCUT2D eigenvalue weighted by Crippen LogP contribution is -2.59. The maximum absolute atomic E-state index is 6.57. The van der Waals surface area contributed by atoms with Crippen LogP contribution < -0.4 is 0 Å². The Balaban J connectivity index is 3.00. The van der Waals surface area contributed by atoms with E-state index in [0.717, 1.165) is 25.5 Å². The molecular formula is C14H38O5Si5. The highest BCUT2D eigenvalue weighted by molar-refractivity contribution is 6.90. The normalized spacial score (nSPS) is 30.2. The first kappa shape index (κ1) is 22.9. The molecule has 0 amide bonds. The van der Waals surface area contributed by atoms with Crippen LogP contribution in [0.3, 0.4) is 0 Å². The standard InChI is InChI=1S/C14H38O5Si5/c1-20(2)14-12-11-13-15-21(3,4)17-23(7,8)19-24(9,10)18-22(5,6)16-20/h11-14H2,1-10H3. The molecule has 0 bridgehead atoms. The first-order valence-electron chi connectivity index (χ1n) is 8.98. The van der Waals surface area contributed by atoms with E-state index in [4.69, 9.17) is 20.9 Å². The second-order valence-corrected chi connectivity index (χ2v) is 27.8. The summed E-state index contributed by atoms with van der Waals surface area (Å²) in [5.41, 5.74) is 0. The van der Waals surface area contributed by atoms with E-state index in [1.165, 1.54) is 0 Å². The monoisotopic (exact) mass is 426 g/mol. The molecule has 0 spiro atoms. The SMILES string of the molecule is C[Si]1(C)CCCCO[Si](C)(C)O[Si](C)(C)O[Si](C)(C)O[Si](C)(C)O1. The quantitative estimate of drug-likeness (QED) is 0.517. The van der Waals surface area contributed by atoms with Crippen LogP contribution in [0.15, 0.2) is 0 Å². The van der Waals surface area contributed by atoms with E-state index < -0.39 is 42.6 Å². The van der Waals surface area contributed by atoms with Crippen molar-refractivity contribution in [3.63, 3.8) is 0 Å². The molecule has 0 atom stereocenters. The van der Waals surface area contributed by atoms with Gasteiger partial charge in [0.15, 0.2) is 8.32 Å². The van der Waals surface area contributed by atoms with Crippen molar-refractivity contribution >= 4 is 42.6 Å². The summed E-state index contributed by atoms with van der Waals surface area (Å²) in [6.45, 7) is 22.3. The lowest BCUT2D eigenvalue weighted by molar-refractivity contribution is 0.217. The fraction of sp³-hybridized carbons (Fsp3) is 1.00. The molecule has 0 aromatic carbocycles. The molecule has 144 valence electrons. The molecule has 5 nitrogen and oxygen atoms in total. The van der Waals surface area contributed by atoms with E-state index in [1.54, 1.807) is 0 Å². The largest absolute Gasteiger partial charge is 0.436 e. The van der Waals surface area contributed by atoms with Gasteiger partial charge in [0.2, 0.25) is 0 Å². The van der Waals surface area contributed by atoms with Crippen LogP contribution in [0, 0.1) is 0 Å². The summed E-state index contributed by atoms with van der Waals surface area (Å²) in [6.07, 6.45) is 2.21.